The van der Waals surface area contributed by atoms with Crippen molar-refractivity contribution in [1.82, 2.24) is 5.32 Å². The fourth-order valence-electron chi connectivity index (χ4n) is 3.02. The third-order valence-corrected chi connectivity index (χ3v) is 4.17. The predicted molar refractivity (Wildman–Crippen MR) is 62.4 cm³/mol. The molecule has 3 rings (SSSR count). The molecule has 0 aromatic rings. The van der Waals surface area contributed by atoms with Crippen molar-refractivity contribution < 1.29 is 9.47 Å². The molecule has 0 bridgehead atoms. The zero-order valence-electron chi connectivity index (χ0n) is 9.99. The van der Waals surface area contributed by atoms with Crippen LogP contribution >= 0.6 is 0 Å². The molecule has 1 saturated carbocycles. The lowest BCUT2D eigenvalue weighted by Gasteiger charge is -2.35. The van der Waals surface area contributed by atoms with Crippen molar-refractivity contribution in [2.45, 2.75) is 44.2 Å². The van der Waals surface area contributed by atoms with Crippen molar-refractivity contribution >= 4 is 0 Å². The molecule has 0 radical (unpaired) electrons. The van der Waals surface area contributed by atoms with Gasteiger partial charge in [-0.25, -0.2) is 0 Å². The molecule has 3 heteroatoms. The zero-order chi connectivity index (χ0) is 10.8. The van der Waals surface area contributed by atoms with Crippen LogP contribution < -0.4 is 5.32 Å². The molecule has 0 aromatic carbocycles. The Kier molecular flexibility index (Phi) is 3.46. The van der Waals surface area contributed by atoms with Crippen LogP contribution in [0.15, 0.2) is 0 Å². The van der Waals surface area contributed by atoms with Gasteiger partial charge in [-0.3, -0.25) is 0 Å². The van der Waals surface area contributed by atoms with E-state index < -0.39 is 0 Å². The van der Waals surface area contributed by atoms with Crippen molar-refractivity contribution in [3.63, 3.8) is 0 Å². The van der Waals surface area contributed by atoms with Gasteiger partial charge in [-0.15, -0.1) is 0 Å². The first-order valence-electron chi connectivity index (χ1n) is 6.86. The topological polar surface area (TPSA) is 30.5 Å². The van der Waals surface area contributed by atoms with E-state index in [1.807, 2.05) is 0 Å². The fraction of sp³-hybridized carbons (Fsp3) is 1.00. The second kappa shape index (κ2) is 5.03. The van der Waals surface area contributed by atoms with Crippen LogP contribution in [0.5, 0.6) is 0 Å². The summed E-state index contributed by atoms with van der Waals surface area (Å²) in [4.78, 5) is 0. The van der Waals surface area contributed by atoms with Crippen LogP contribution in [0.4, 0.5) is 0 Å². The maximum atomic E-state index is 6.01. The van der Waals surface area contributed by atoms with Crippen LogP contribution in [0.1, 0.15) is 32.1 Å². The van der Waals surface area contributed by atoms with Crippen LogP contribution in [0.3, 0.4) is 0 Å². The molecule has 92 valence electrons. The maximum Gasteiger partial charge on any atom is 0.0666 e. The van der Waals surface area contributed by atoms with Crippen LogP contribution in [-0.2, 0) is 9.47 Å². The molecule has 0 amide bonds. The number of rotatable bonds is 4. The van der Waals surface area contributed by atoms with E-state index in [1.165, 1.54) is 32.1 Å². The Morgan fingerprint density at radius 1 is 1.06 bits per heavy atom. The summed E-state index contributed by atoms with van der Waals surface area (Å²) >= 11 is 0. The van der Waals surface area contributed by atoms with Gasteiger partial charge >= 0.3 is 0 Å². The Bertz CT molecular complexity index is 224. The monoisotopic (exact) mass is 225 g/mol. The first-order chi connectivity index (χ1) is 7.93. The van der Waals surface area contributed by atoms with Gasteiger partial charge in [0.15, 0.2) is 0 Å². The molecule has 3 fully saturated rings. The lowest BCUT2D eigenvalue weighted by Crippen LogP contribution is -2.42. The van der Waals surface area contributed by atoms with Gasteiger partial charge in [0.05, 0.1) is 12.7 Å². The van der Waals surface area contributed by atoms with Crippen LogP contribution in [0.2, 0.25) is 0 Å². The molecule has 1 N–H and O–H groups in total. The van der Waals surface area contributed by atoms with Gasteiger partial charge in [0.2, 0.25) is 0 Å². The zero-order valence-corrected chi connectivity index (χ0v) is 9.99. The summed E-state index contributed by atoms with van der Waals surface area (Å²) in [6, 6.07) is 0.822. The molecule has 16 heavy (non-hydrogen) atoms. The van der Waals surface area contributed by atoms with Gasteiger partial charge in [0.1, 0.15) is 0 Å². The van der Waals surface area contributed by atoms with Crippen molar-refractivity contribution in [3.8, 4) is 0 Å². The normalized spacial score (nSPS) is 40.1. The molecule has 0 spiro atoms. The van der Waals surface area contributed by atoms with Crippen molar-refractivity contribution in [1.29, 1.82) is 0 Å². The van der Waals surface area contributed by atoms with Gasteiger partial charge in [-0.1, -0.05) is 0 Å². The minimum Gasteiger partial charge on any atom is -0.381 e. The van der Waals surface area contributed by atoms with E-state index in [0.717, 1.165) is 38.3 Å². The molecule has 2 aliphatic heterocycles. The van der Waals surface area contributed by atoms with Gasteiger partial charge in [-0.2, -0.15) is 0 Å². The summed E-state index contributed by atoms with van der Waals surface area (Å²) in [5, 5.41) is 3.66. The number of hydrogen-bond acceptors (Lipinski definition) is 3. The minimum absolute atomic E-state index is 0.461. The predicted octanol–water partition coefficient (Wildman–Crippen LogP) is 1.57. The highest BCUT2D eigenvalue weighted by atomic mass is 16.5. The quantitative estimate of drug-likeness (QED) is 0.788. The molecule has 3 atom stereocenters. The Balaban J connectivity index is 1.53. The summed E-state index contributed by atoms with van der Waals surface area (Å²) in [6.07, 6.45) is 6.99. The Hall–Kier alpha value is -0.120. The second-order valence-electron chi connectivity index (χ2n) is 5.54. The van der Waals surface area contributed by atoms with Gasteiger partial charge < -0.3 is 14.8 Å². The van der Waals surface area contributed by atoms with Crippen molar-refractivity contribution in [3.05, 3.63) is 0 Å². The molecule has 3 aliphatic rings. The Labute approximate surface area is 97.9 Å². The smallest absolute Gasteiger partial charge is 0.0666 e. The average Bonchev–Trinajstić information content (AvgIpc) is 3.00. The minimum atomic E-state index is 0.461. The van der Waals surface area contributed by atoms with E-state index in [2.05, 4.69) is 5.32 Å². The van der Waals surface area contributed by atoms with Crippen molar-refractivity contribution in [2.24, 2.45) is 11.8 Å². The molecular weight excluding hydrogens is 202 g/mol. The fourth-order valence-corrected chi connectivity index (χ4v) is 3.02. The maximum absolute atomic E-state index is 6.01. The van der Waals surface area contributed by atoms with Crippen LogP contribution in [0, 0.1) is 11.8 Å². The first kappa shape index (κ1) is 11.0. The summed E-state index contributed by atoms with van der Waals surface area (Å²) in [6.45, 7) is 3.98. The standard InChI is InChI=1S/C13H23NO2/c1-2-10(8-14-12-3-4-12)13(16-6-1)11-5-7-15-9-11/h10-14H,1-9H2. The Morgan fingerprint density at radius 3 is 2.75 bits per heavy atom. The molecule has 3 unspecified atom stereocenters. The molecular formula is C13H23NO2. The van der Waals surface area contributed by atoms with E-state index in [1.54, 1.807) is 0 Å². The lowest BCUT2D eigenvalue weighted by molar-refractivity contribution is -0.0607. The summed E-state index contributed by atoms with van der Waals surface area (Å²) in [5.74, 6) is 1.38. The Morgan fingerprint density at radius 2 is 2.00 bits per heavy atom. The molecule has 0 aromatic heterocycles. The molecule has 1 aliphatic carbocycles. The largest absolute Gasteiger partial charge is 0.381 e. The second-order valence-corrected chi connectivity index (χ2v) is 5.54. The highest BCUT2D eigenvalue weighted by Gasteiger charge is 2.35. The van der Waals surface area contributed by atoms with Gasteiger partial charge in [0.25, 0.3) is 0 Å². The SMILES string of the molecule is C1COC(C2CCOC2)C(CNC2CC2)C1. The first-order valence-corrected chi connectivity index (χ1v) is 6.86. The molecule has 3 nitrogen and oxygen atoms in total. The van der Waals surface area contributed by atoms with Crippen molar-refractivity contribution in [2.75, 3.05) is 26.4 Å². The summed E-state index contributed by atoms with van der Waals surface area (Å²) < 4.78 is 11.5. The van der Waals surface area contributed by atoms with Crippen LogP contribution in [-0.4, -0.2) is 38.5 Å². The van der Waals surface area contributed by atoms with Gasteiger partial charge in [0, 0.05) is 31.7 Å². The van der Waals surface area contributed by atoms with E-state index in [4.69, 9.17) is 9.47 Å². The highest BCUT2D eigenvalue weighted by Crippen LogP contribution is 2.31. The number of ether oxygens (including phenoxy) is 2. The summed E-state index contributed by atoms with van der Waals surface area (Å²) in [7, 11) is 0. The molecule has 2 heterocycles. The third-order valence-electron chi connectivity index (χ3n) is 4.17. The highest BCUT2D eigenvalue weighted by molar-refractivity contribution is 4.87. The van der Waals surface area contributed by atoms with E-state index in [-0.39, 0.29) is 0 Å². The number of hydrogen-bond donors (Lipinski definition) is 1. The average molecular weight is 225 g/mol. The number of nitrogens with one attached hydrogen (secondary N) is 1. The van der Waals surface area contributed by atoms with Gasteiger partial charge in [-0.05, 0) is 38.0 Å². The molecule has 2 saturated heterocycles. The lowest BCUT2D eigenvalue weighted by atomic mass is 9.85. The van der Waals surface area contributed by atoms with Crippen LogP contribution in [0.25, 0.3) is 0 Å². The third kappa shape index (κ3) is 2.58. The van der Waals surface area contributed by atoms with E-state index >= 15 is 0 Å². The van der Waals surface area contributed by atoms with E-state index in [9.17, 15) is 0 Å². The summed E-state index contributed by atoms with van der Waals surface area (Å²) in [5.41, 5.74) is 0. The van der Waals surface area contributed by atoms with E-state index in [0.29, 0.717) is 12.0 Å².